The van der Waals surface area contributed by atoms with Crippen molar-refractivity contribution in [3.05, 3.63) is 48.0 Å². The van der Waals surface area contributed by atoms with Crippen LogP contribution in [0.1, 0.15) is 31.7 Å². The summed E-state index contributed by atoms with van der Waals surface area (Å²) < 4.78 is 7.87. The molecule has 3 aromatic rings. The SMILES string of the molecule is CCCCC(=O)Nc1ccc2nc(SCCOc3ccc(C)cc3)sc2c1. The number of unbranched alkanes of at least 4 members (excludes halogenated alkanes) is 1. The van der Waals surface area contributed by atoms with Gasteiger partial charge in [-0.25, -0.2) is 4.98 Å². The van der Waals surface area contributed by atoms with Crippen LogP contribution in [0.5, 0.6) is 5.75 Å². The average Bonchev–Trinajstić information content (AvgIpc) is 3.07. The molecule has 0 saturated carbocycles. The summed E-state index contributed by atoms with van der Waals surface area (Å²) in [5.74, 6) is 1.81. The molecular weight excluding hydrogens is 376 g/mol. The number of thiazole rings is 1. The van der Waals surface area contributed by atoms with Crippen molar-refractivity contribution >= 4 is 44.9 Å². The molecule has 0 fully saturated rings. The number of amides is 1. The minimum Gasteiger partial charge on any atom is -0.493 e. The number of anilines is 1. The Morgan fingerprint density at radius 1 is 1.22 bits per heavy atom. The number of ether oxygens (including phenoxy) is 1. The lowest BCUT2D eigenvalue weighted by molar-refractivity contribution is -0.116. The van der Waals surface area contributed by atoms with E-state index in [1.54, 1.807) is 23.1 Å². The van der Waals surface area contributed by atoms with Crippen LogP contribution in [0, 0.1) is 6.92 Å². The van der Waals surface area contributed by atoms with E-state index in [4.69, 9.17) is 4.74 Å². The summed E-state index contributed by atoms with van der Waals surface area (Å²) in [6.45, 7) is 4.79. The summed E-state index contributed by atoms with van der Waals surface area (Å²) in [6.07, 6.45) is 2.51. The molecule has 1 aromatic heterocycles. The number of carbonyl (C=O) groups excluding carboxylic acids is 1. The first kappa shape index (κ1) is 19.7. The van der Waals surface area contributed by atoms with E-state index in [1.807, 2.05) is 30.3 Å². The molecule has 0 bridgehead atoms. The van der Waals surface area contributed by atoms with Gasteiger partial charge in [0.2, 0.25) is 5.91 Å². The van der Waals surface area contributed by atoms with Gasteiger partial charge >= 0.3 is 0 Å². The summed E-state index contributed by atoms with van der Waals surface area (Å²) in [5.41, 5.74) is 3.03. The summed E-state index contributed by atoms with van der Waals surface area (Å²) in [5, 5.41) is 2.97. The van der Waals surface area contributed by atoms with E-state index in [0.717, 1.165) is 44.6 Å². The molecule has 27 heavy (non-hydrogen) atoms. The summed E-state index contributed by atoms with van der Waals surface area (Å²) in [7, 11) is 0. The van der Waals surface area contributed by atoms with Gasteiger partial charge in [-0.3, -0.25) is 4.79 Å². The van der Waals surface area contributed by atoms with Gasteiger partial charge in [0, 0.05) is 17.9 Å². The van der Waals surface area contributed by atoms with E-state index in [2.05, 4.69) is 36.3 Å². The Morgan fingerprint density at radius 2 is 2.04 bits per heavy atom. The summed E-state index contributed by atoms with van der Waals surface area (Å²) >= 11 is 3.34. The summed E-state index contributed by atoms with van der Waals surface area (Å²) in [4.78, 5) is 16.5. The Hall–Kier alpha value is -2.05. The molecule has 2 aromatic carbocycles. The zero-order chi connectivity index (χ0) is 19.1. The standard InChI is InChI=1S/C21H24N2O2S2/c1-3-4-5-20(24)22-16-8-11-18-19(14-16)27-21(23-18)26-13-12-25-17-9-6-15(2)7-10-17/h6-11,14H,3-5,12-13H2,1-2H3,(H,22,24). The second-order valence-electron chi connectivity index (χ2n) is 6.32. The van der Waals surface area contributed by atoms with Crippen LogP contribution in [0.15, 0.2) is 46.8 Å². The highest BCUT2D eigenvalue weighted by Crippen LogP contribution is 2.31. The molecule has 142 valence electrons. The third-order valence-corrected chi connectivity index (χ3v) is 6.13. The quantitative estimate of drug-likeness (QED) is 0.359. The smallest absolute Gasteiger partial charge is 0.224 e. The molecule has 3 rings (SSSR count). The number of carbonyl (C=O) groups is 1. The zero-order valence-electron chi connectivity index (χ0n) is 15.7. The zero-order valence-corrected chi connectivity index (χ0v) is 17.3. The molecule has 0 aliphatic heterocycles. The number of nitrogens with one attached hydrogen (secondary N) is 1. The topological polar surface area (TPSA) is 51.2 Å². The molecule has 0 aliphatic carbocycles. The lowest BCUT2D eigenvalue weighted by Gasteiger charge is -2.05. The van der Waals surface area contributed by atoms with E-state index in [1.165, 1.54) is 5.56 Å². The molecule has 0 radical (unpaired) electrons. The maximum absolute atomic E-state index is 11.9. The molecule has 1 amide bonds. The molecule has 1 heterocycles. The van der Waals surface area contributed by atoms with Crippen molar-refractivity contribution in [3.63, 3.8) is 0 Å². The van der Waals surface area contributed by atoms with Gasteiger partial charge in [-0.1, -0.05) is 42.8 Å². The van der Waals surface area contributed by atoms with Gasteiger partial charge in [-0.05, 0) is 43.7 Å². The number of hydrogen-bond acceptors (Lipinski definition) is 5. The number of thioether (sulfide) groups is 1. The molecule has 0 aliphatic rings. The van der Waals surface area contributed by atoms with Crippen LogP contribution in [-0.4, -0.2) is 23.3 Å². The van der Waals surface area contributed by atoms with Crippen molar-refractivity contribution in [2.24, 2.45) is 0 Å². The highest BCUT2D eigenvalue weighted by Gasteiger charge is 2.07. The lowest BCUT2D eigenvalue weighted by atomic mass is 10.2. The Labute approximate surface area is 168 Å². The normalized spacial score (nSPS) is 10.9. The maximum Gasteiger partial charge on any atom is 0.224 e. The van der Waals surface area contributed by atoms with E-state index < -0.39 is 0 Å². The second-order valence-corrected chi connectivity index (χ2v) is 8.70. The van der Waals surface area contributed by atoms with Crippen LogP contribution >= 0.6 is 23.1 Å². The van der Waals surface area contributed by atoms with E-state index >= 15 is 0 Å². The van der Waals surface area contributed by atoms with Crippen LogP contribution in [0.2, 0.25) is 0 Å². The Kier molecular flexibility index (Phi) is 7.12. The first-order chi connectivity index (χ1) is 13.1. The molecular formula is C21H24N2O2S2. The van der Waals surface area contributed by atoms with Gasteiger partial charge in [-0.15, -0.1) is 11.3 Å². The molecule has 0 atom stereocenters. The van der Waals surface area contributed by atoms with Crippen molar-refractivity contribution in [1.29, 1.82) is 0 Å². The molecule has 4 nitrogen and oxygen atoms in total. The van der Waals surface area contributed by atoms with Gasteiger partial charge in [-0.2, -0.15) is 0 Å². The van der Waals surface area contributed by atoms with Crippen molar-refractivity contribution in [2.45, 2.75) is 37.4 Å². The fourth-order valence-electron chi connectivity index (χ4n) is 2.53. The molecule has 0 unspecified atom stereocenters. The average molecular weight is 401 g/mol. The minimum atomic E-state index is 0.0727. The van der Waals surface area contributed by atoms with E-state index in [-0.39, 0.29) is 5.91 Å². The number of nitrogens with zero attached hydrogens (tertiary/aromatic N) is 1. The van der Waals surface area contributed by atoms with Crippen LogP contribution in [0.25, 0.3) is 10.2 Å². The third-order valence-electron chi connectivity index (χ3n) is 4.01. The van der Waals surface area contributed by atoms with Crippen molar-refractivity contribution < 1.29 is 9.53 Å². The lowest BCUT2D eigenvalue weighted by Crippen LogP contribution is -2.10. The van der Waals surface area contributed by atoms with Crippen molar-refractivity contribution in [3.8, 4) is 5.75 Å². The molecule has 1 N–H and O–H groups in total. The van der Waals surface area contributed by atoms with E-state index in [0.29, 0.717) is 13.0 Å². The fourth-order valence-corrected chi connectivity index (χ4v) is 4.52. The molecule has 0 saturated heterocycles. The van der Waals surface area contributed by atoms with Gasteiger partial charge in [0.15, 0.2) is 4.34 Å². The highest BCUT2D eigenvalue weighted by atomic mass is 32.2. The Morgan fingerprint density at radius 3 is 2.81 bits per heavy atom. The number of fused-ring (bicyclic) bond motifs is 1. The van der Waals surface area contributed by atoms with Crippen molar-refractivity contribution in [1.82, 2.24) is 4.98 Å². The van der Waals surface area contributed by atoms with Crippen LogP contribution in [0.4, 0.5) is 5.69 Å². The number of hydrogen-bond donors (Lipinski definition) is 1. The molecule has 6 heteroatoms. The van der Waals surface area contributed by atoms with Gasteiger partial charge in [0.05, 0.1) is 16.8 Å². The fraction of sp³-hybridized carbons (Fsp3) is 0.333. The van der Waals surface area contributed by atoms with Gasteiger partial charge < -0.3 is 10.1 Å². The van der Waals surface area contributed by atoms with Gasteiger partial charge in [0.1, 0.15) is 5.75 Å². The van der Waals surface area contributed by atoms with Crippen LogP contribution in [0.3, 0.4) is 0 Å². The van der Waals surface area contributed by atoms with Crippen LogP contribution in [-0.2, 0) is 4.79 Å². The Balaban J connectivity index is 1.51. The number of rotatable bonds is 9. The first-order valence-electron chi connectivity index (χ1n) is 9.17. The Bertz CT molecular complexity index is 891. The predicted octanol–water partition coefficient (Wildman–Crippen LogP) is 5.90. The number of aromatic nitrogens is 1. The summed E-state index contributed by atoms with van der Waals surface area (Å²) in [6, 6.07) is 14.0. The maximum atomic E-state index is 11.9. The number of aryl methyl sites for hydroxylation is 1. The van der Waals surface area contributed by atoms with Gasteiger partial charge in [0.25, 0.3) is 0 Å². The van der Waals surface area contributed by atoms with E-state index in [9.17, 15) is 4.79 Å². The van der Waals surface area contributed by atoms with Crippen LogP contribution < -0.4 is 10.1 Å². The first-order valence-corrected chi connectivity index (χ1v) is 11.0. The largest absolute Gasteiger partial charge is 0.493 e. The number of benzene rings is 2. The minimum absolute atomic E-state index is 0.0727. The third kappa shape index (κ3) is 5.97. The second kappa shape index (κ2) is 9.76. The highest BCUT2D eigenvalue weighted by molar-refractivity contribution is 8.01. The van der Waals surface area contributed by atoms with Crippen molar-refractivity contribution in [2.75, 3.05) is 17.7 Å². The molecule has 0 spiro atoms. The predicted molar refractivity (Wildman–Crippen MR) is 115 cm³/mol. The monoisotopic (exact) mass is 400 g/mol.